The molecule has 0 aromatic heterocycles. The van der Waals surface area contributed by atoms with Crippen LogP contribution >= 0.6 is 0 Å². The molecule has 0 radical (unpaired) electrons. The van der Waals surface area contributed by atoms with Gasteiger partial charge in [-0.1, -0.05) is 24.3 Å². The smallest absolute Gasteiger partial charge is 0.338 e. The topological polar surface area (TPSA) is 41.1 Å². The van der Waals surface area contributed by atoms with Gasteiger partial charge in [-0.15, -0.1) is 0 Å². The number of hydrogen-bond donors (Lipinski definition) is 2. The zero-order valence-corrected chi connectivity index (χ0v) is 9.27. The Morgan fingerprint density at radius 1 is 1.29 bits per heavy atom. The van der Waals surface area contributed by atoms with Crippen LogP contribution in [0.4, 0.5) is 18.0 Å². The Morgan fingerprint density at radius 3 is 2.53 bits per heavy atom. The largest absolute Gasteiger partial charge is 0.485 e. The molecule has 2 amide bonds. The van der Waals surface area contributed by atoms with Gasteiger partial charge in [-0.25, -0.2) is 10.1 Å². The van der Waals surface area contributed by atoms with E-state index in [1.54, 1.807) is 0 Å². The number of aryl methyl sites for hydroxylation is 1. The molecular weight excluding hydrogens is 233 g/mol. The Bertz CT molecular complexity index is 391. The highest BCUT2D eigenvalue weighted by molar-refractivity contribution is 5.74. The fourth-order valence-corrected chi connectivity index (χ4v) is 1.37. The number of urea groups is 1. The maximum Gasteiger partial charge on any atom is 0.485 e. The zero-order valence-electron chi connectivity index (χ0n) is 9.27. The Balaban J connectivity index is 2.34. The van der Waals surface area contributed by atoms with Crippen molar-refractivity contribution < 1.29 is 18.0 Å². The molecule has 0 aliphatic rings. The third kappa shape index (κ3) is 5.24. The molecule has 0 saturated carbocycles. The first kappa shape index (κ1) is 13.3. The summed E-state index contributed by atoms with van der Waals surface area (Å²) in [5.41, 5.74) is 2.05. The lowest BCUT2D eigenvalue weighted by Gasteiger charge is -2.10. The van der Waals surface area contributed by atoms with Crippen LogP contribution in [0, 0.1) is 6.92 Å². The average molecular weight is 246 g/mol. The highest BCUT2D eigenvalue weighted by atomic mass is 19.4. The average Bonchev–Trinajstić information content (AvgIpc) is 2.18. The molecule has 17 heavy (non-hydrogen) atoms. The first-order valence-electron chi connectivity index (χ1n) is 5.06. The van der Waals surface area contributed by atoms with E-state index in [9.17, 15) is 18.0 Å². The molecule has 0 atom stereocenters. The SMILES string of the molecule is Cc1ccccc1CCNC(=O)NC(F)(F)F. The van der Waals surface area contributed by atoms with Gasteiger partial charge in [-0.3, -0.25) is 0 Å². The van der Waals surface area contributed by atoms with Crippen molar-refractivity contribution >= 4 is 6.03 Å². The number of hydrogen-bond acceptors (Lipinski definition) is 1. The van der Waals surface area contributed by atoms with E-state index in [1.807, 2.05) is 31.2 Å². The maximum atomic E-state index is 11.7. The summed E-state index contributed by atoms with van der Waals surface area (Å²) in [6.45, 7) is 2.07. The second-order valence-corrected chi connectivity index (χ2v) is 3.56. The van der Waals surface area contributed by atoms with E-state index >= 15 is 0 Å². The van der Waals surface area contributed by atoms with Crippen molar-refractivity contribution in [1.29, 1.82) is 0 Å². The minimum Gasteiger partial charge on any atom is -0.338 e. The van der Waals surface area contributed by atoms with Crippen LogP contribution in [0.1, 0.15) is 11.1 Å². The summed E-state index contributed by atoms with van der Waals surface area (Å²) in [7, 11) is 0. The van der Waals surface area contributed by atoms with Crippen LogP contribution in [0.3, 0.4) is 0 Å². The summed E-state index contributed by atoms with van der Waals surface area (Å²) in [4.78, 5) is 10.8. The molecule has 1 aromatic carbocycles. The Kier molecular flexibility index (Phi) is 4.37. The Hall–Kier alpha value is -1.72. The molecule has 0 aliphatic carbocycles. The molecule has 0 saturated heterocycles. The molecule has 2 N–H and O–H groups in total. The van der Waals surface area contributed by atoms with Crippen LogP contribution in [0.2, 0.25) is 0 Å². The zero-order chi connectivity index (χ0) is 12.9. The predicted octanol–water partition coefficient (Wildman–Crippen LogP) is 2.36. The molecule has 0 spiro atoms. The van der Waals surface area contributed by atoms with E-state index in [0.29, 0.717) is 6.42 Å². The molecule has 6 heteroatoms. The Labute approximate surface area is 97.0 Å². The van der Waals surface area contributed by atoms with Crippen molar-refractivity contribution in [3.05, 3.63) is 35.4 Å². The van der Waals surface area contributed by atoms with Crippen molar-refractivity contribution in [2.75, 3.05) is 6.54 Å². The Morgan fingerprint density at radius 2 is 1.94 bits per heavy atom. The number of carbonyl (C=O) groups excluding carboxylic acids is 1. The number of carbonyl (C=O) groups is 1. The van der Waals surface area contributed by atoms with E-state index in [0.717, 1.165) is 16.4 Å². The number of nitrogens with one attached hydrogen (secondary N) is 2. The van der Waals surface area contributed by atoms with Crippen molar-refractivity contribution in [2.24, 2.45) is 0 Å². The lowest BCUT2D eigenvalue weighted by molar-refractivity contribution is -0.145. The monoisotopic (exact) mass is 246 g/mol. The van der Waals surface area contributed by atoms with E-state index < -0.39 is 12.3 Å². The molecular formula is C11H13F3N2O. The molecule has 0 fully saturated rings. The lowest BCUT2D eigenvalue weighted by atomic mass is 10.1. The van der Waals surface area contributed by atoms with Crippen molar-refractivity contribution in [2.45, 2.75) is 19.6 Å². The van der Waals surface area contributed by atoms with E-state index in [-0.39, 0.29) is 6.54 Å². The summed E-state index contributed by atoms with van der Waals surface area (Å²) in [6, 6.07) is 6.27. The third-order valence-corrected chi connectivity index (χ3v) is 2.20. The number of alkyl halides is 3. The summed E-state index contributed by atoms with van der Waals surface area (Å²) in [6.07, 6.45) is -4.19. The van der Waals surface area contributed by atoms with Gasteiger partial charge in [0.2, 0.25) is 0 Å². The second kappa shape index (κ2) is 5.56. The molecule has 0 unspecified atom stereocenters. The van der Waals surface area contributed by atoms with Crippen LogP contribution in [-0.4, -0.2) is 18.9 Å². The number of rotatable bonds is 3. The standard InChI is InChI=1S/C11H13F3N2O/c1-8-4-2-3-5-9(8)6-7-15-10(17)16-11(12,13)14/h2-5H,6-7H2,1H3,(H2,15,16,17). The second-order valence-electron chi connectivity index (χ2n) is 3.56. The van der Waals surface area contributed by atoms with Gasteiger partial charge in [-0.2, -0.15) is 13.2 Å². The minimum atomic E-state index is -4.69. The molecule has 1 aromatic rings. The predicted molar refractivity (Wildman–Crippen MR) is 57.5 cm³/mol. The van der Waals surface area contributed by atoms with Gasteiger partial charge in [0.25, 0.3) is 0 Å². The van der Waals surface area contributed by atoms with Gasteiger partial charge in [0.05, 0.1) is 0 Å². The highest BCUT2D eigenvalue weighted by Crippen LogP contribution is 2.09. The van der Waals surface area contributed by atoms with Crippen LogP contribution in [0.15, 0.2) is 24.3 Å². The molecule has 0 bridgehead atoms. The van der Waals surface area contributed by atoms with Crippen molar-refractivity contribution in [3.63, 3.8) is 0 Å². The van der Waals surface area contributed by atoms with E-state index in [2.05, 4.69) is 5.32 Å². The van der Waals surface area contributed by atoms with Gasteiger partial charge < -0.3 is 5.32 Å². The minimum absolute atomic E-state index is 0.159. The molecule has 0 aliphatic heterocycles. The van der Waals surface area contributed by atoms with Crippen LogP contribution < -0.4 is 10.6 Å². The molecule has 94 valence electrons. The summed E-state index contributed by atoms with van der Waals surface area (Å²) in [5.74, 6) is 0. The maximum absolute atomic E-state index is 11.7. The summed E-state index contributed by atoms with van der Waals surface area (Å²) >= 11 is 0. The summed E-state index contributed by atoms with van der Waals surface area (Å²) in [5, 5.41) is 3.01. The van der Waals surface area contributed by atoms with Gasteiger partial charge in [0.15, 0.2) is 0 Å². The lowest BCUT2D eigenvalue weighted by Crippen LogP contribution is -2.44. The number of benzene rings is 1. The van der Waals surface area contributed by atoms with Gasteiger partial charge in [0, 0.05) is 6.54 Å². The van der Waals surface area contributed by atoms with Gasteiger partial charge in [0.1, 0.15) is 0 Å². The first-order valence-corrected chi connectivity index (χ1v) is 5.06. The van der Waals surface area contributed by atoms with Crippen LogP contribution in [0.25, 0.3) is 0 Å². The molecule has 1 rings (SSSR count). The fourth-order valence-electron chi connectivity index (χ4n) is 1.37. The van der Waals surface area contributed by atoms with Gasteiger partial charge >= 0.3 is 12.3 Å². The van der Waals surface area contributed by atoms with Crippen LogP contribution in [-0.2, 0) is 6.42 Å². The number of amides is 2. The normalized spacial score (nSPS) is 11.1. The van der Waals surface area contributed by atoms with Gasteiger partial charge in [-0.05, 0) is 24.5 Å². The molecule has 0 heterocycles. The third-order valence-electron chi connectivity index (χ3n) is 2.20. The van der Waals surface area contributed by atoms with Crippen molar-refractivity contribution in [1.82, 2.24) is 10.6 Å². The first-order chi connectivity index (χ1) is 7.88. The number of halogens is 3. The van der Waals surface area contributed by atoms with Crippen molar-refractivity contribution in [3.8, 4) is 0 Å². The quantitative estimate of drug-likeness (QED) is 0.790. The van der Waals surface area contributed by atoms with Crippen LogP contribution in [0.5, 0.6) is 0 Å². The summed E-state index contributed by atoms with van der Waals surface area (Å²) < 4.78 is 35.2. The van der Waals surface area contributed by atoms with E-state index in [1.165, 1.54) is 0 Å². The highest BCUT2D eigenvalue weighted by Gasteiger charge is 2.29. The molecule has 3 nitrogen and oxygen atoms in total. The fraction of sp³-hybridized carbons (Fsp3) is 0.364. The van der Waals surface area contributed by atoms with E-state index in [4.69, 9.17) is 0 Å².